The van der Waals surface area contributed by atoms with E-state index in [2.05, 4.69) is 19.2 Å². The number of carbonyl (C=O) groups excluding carboxylic acids is 1. The van der Waals surface area contributed by atoms with Gasteiger partial charge < -0.3 is 15.2 Å². The van der Waals surface area contributed by atoms with Gasteiger partial charge in [-0.05, 0) is 42.2 Å². The van der Waals surface area contributed by atoms with Crippen molar-refractivity contribution in [3.63, 3.8) is 0 Å². The second-order valence-corrected chi connectivity index (χ2v) is 6.35. The van der Waals surface area contributed by atoms with Crippen molar-refractivity contribution < 1.29 is 14.6 Å². The van der Waals surface area contributed by atoms with Gasteiger partial charge in [0, 0.05) is 5.56 Å². The van der Waals surface area contributed by atoms with E-state index < -0.39 is 6.04 Å². The number of aliphatic hydroxyl groups is 1. The minimum Gasteiger partial charge on any atom is -0.493 e. The van der Waals surface area contributed by atoms with E-state index in [9.17, 15) is 9.90 Å². The van der Waals surface area contributed by atoms with Crippen molar-refractivity contribution in [1.29, 1.82) is 0 Å². The highest BCUT2D eigenvalue weighted by Crippen LogP contribution is 2.19. The first-order valence-electron chi connectivity index (χ1n) is 8.83. The Balaban J connectivity index is 1.95. The lowest BCUT2D eigenvalue weighted by Crippen LogP contribution is -2.30. The molecule has 0 saturated carbocycles. The van der Waals surface area contributed by atoms with Gasteiger partial charge in [-0.3, -0.25) is 4.79 Å². The van der Waals surface area contributed by atoms with Crippen LogP contribution < -0.4 is 10.1 Å². The summed E-state index contributed by atoms with van der Waals surface area (Å²) in [5.41, 5.74) is 1.42. The van der Waals surface area contributed by atoms with E-state index >= 15 is 0 Å². The third-order valence-electron chi connectivity index (χ3n) is 4.12. The fourth-order valence-electron chi connectivity index (χ4n) is 2.68. The highest BCUT2D eigenvalue weighted by Gasteiger charge is 2.15. The summed E-state index contributed by atoms with van der Waals surface area (Å²) < 4.78 is 5.79. The second-order valence-electron chi connectivity index (χ2n) is 6.35. The third-order valence-corrected chi connectivity index (χ3v) is 4.12. The van der Waals surface area contributed by atoms with Crippen molar-refractivity contribution in [1.82, 2.24) is 5.32 Å². The van der Waals surface area contributed by atoms with Crippen LogP contribution in [0.3, 0.4) is 0 Å². The summed E-state index contributed by atoms with van der Waals surface area (Å²) in [5.74, 6) is 1.13. The average Bonchev–Trinajstić information content (AvgIpc) is 2.65. The van der Waals surface area contributed by atoms with E-state index in [-0.39, 0.29) is 12.5 Å². The maximum absolute atomic E-state index is 12.2. The summed E-state index contributed by atoms with van der Waals surface area (Å²) in [4.78, 5) is 12.2. The zero-order chi connectivity index (χ0) is 18.1. The molecule has 0 aliphatic heterocycles. The molecule has 4 nitrogen and oxygen atoms in total. The van der Waals surface area contributed by atoms with Crippen molar-refractivity contribution in [2.24, 2.45) is 5.92 Å². The van der Waals surface area contributed by atoms with Crippen LogP contribution in [-0.2, 0) is 0 Å². The largest absolute Gasteiger partial charge is 0.493 e. The van der Waals surface area contributed by atoms with E-state index in [1.54, 1.807) is 12.1 Å². The van der Waals surface area contributed by atoms with Gasteiger partial charge in [-0.25, -0.2) is 0 Å². The Bertz CT molecular complexity index is 640. The standard InChI is InChI=1S/C21H27NO3/c1-3-7-16(2)15-25-19-12-10-17(11-13-19)20(14-23)22-21(24)18-8-5-4-6-9-18/h4-6,8-13,16,20,23H,3,7,14-15H2,1-2H3,(H,22,24)/t16?,20-/m0/s1. The van der Waals surface area contributed by atoms with E-state index in [0.717, 1.165) is 24.2 Å². The quantitative estimate of drug-likeness (QED) is 0.726. The molecule has 2 aromatic rings. The van der Waals surface area contributed by atoms with E-state index in [1.807, 2.05) is 42.5 Å². The maximum atomic E-state index is 12.2. The molecule has 0 heterocycles. The molecule has 2 atom stereocenters. The first-order chi connectivity index (χ1) is 12.1. The van der Waals surface area contributed by atoms with Crippen molar-refractivity contribution in [3.05, 3.63) is 65.7 Å². The molecule has 0 aromatic heterocycles. The first kappa shape index (κ1) is 19.0. The maximum Gasteiger partial charge on any atom is 0.251 e. The number of carbonyl (C=O) groups is 1. The van der Waals surface area contributed by atoms with Gasteiger partial charge in [-0.15, -0.1) is 0 Å². The molecule has 0 aliphatic carbocycles. The molecule has 4 heteroatoms. The fraction of sp³-hybridized carbons (Fsp3) is 0.381. The summed E-state index contributed by atoms with van der Waals surface area (Å²) in [7, 11) is 0. The Morgan fingerprint density at radius 3 is 2.40 bits per heavy atom. The number of benzene rings is 2. The topological polar surface area (TPSA) is 58.6 Å². The molecule has 1 unspecified atom stereocenters. The highest BCUT2D eigenvalue weighted by atomic mass is 16.5. The number of rotatable bonds is 9. The number of hydrogen-bond donors (Lipinski definition) is 2. The zero-order valence-corrected chi connectivity index (χ0v) is 14.9. The number of nitrogens with one attached hydrogen (secondary N) is 1. The van der Waals surface area contributed by atoms with Crippen LogP contribution in [0.15, 0.2) is 54.6 Å². The number of aliphatic hydroxyl groups excluding tert-OH is 1. The molecule has 1 amide bonds. The number of hydrogen-bond acceptors (Lipinski definition) is 3. The summed E-state index contributed by atoms with van der Waals surface area (Å²) in [6, 6.07) is 16.1. The Labute approximate surface area is 149 Å². The average molecular weight is 341 g/mol. The van der Waals surface area contributed by atoms with Crippen LogP contribution >= 0.6 is 0 Å². The van der Waals surface area contributed by atoms with Gasteiger partial charge in [0.25, 0.3) is 5.91 Å². The van der Waals surface area contributed by atoms with Gasteiger partial charge in [-0.2, -0.15) is 0 Å². The Kier molecular flexibility index (Phi) is 7.48. The molecular formula is C21H27NO3. The molecule has 0 radical (unpaired) electrons. The van der Waals surface area contributed by atoms with Gasteiger partial charge in [-0.1, -0.05) is 50.6 Å². The molecular weight excluding hydrogens is 314 g/mol. The van der Waals surface area contributed by atoms with Crippen LogP contribution in [0.1, 0.15) is 48.7 Å². The molecule has 0 fully saturated rings. The highest BCUT2D eigenvalue weighted by molar-refractivity contribution is 5.94. The predicted octanol–water partition coefficient (Wildman–Crippen LogP) is 3.97. The van der Waals surface area contributed by atoms with Gasteiger partial charge >= 0.3 is 0 Å². The molecule has 0 bridgehead atoms. The molecule has 0 spiro atoms. The molecule has 0 aliphatic rings. The summed E-state index contributed by atoms with van der Waals surface area (Å²) >= 11 is 0. The lowest BCUT2D eigenvalue weighted by molar-refractivity contribution is 0.0916. The van der Waals surface area contributed by atoms with Gasteiger partial charge in [0.2, 0.25) is 0 Å². The van der Waals surface area contributed by atoms with Gasteiger partial charge in [0.15, 0.2) is 0 Å². The predicted molar refractivity (Wildman–Crippen MR) is 99.7 cm³/mol. The monoisotopic (exact) mass is 341 g/mol. The lowest BCUT2D eigenvalue weighted by atomic mass is 10.1. The van der Waals surface area contributed by atoms with Crippen LogP contribution in [0, 0.1) is 5.92 Å². The molecule has 2 N–H and O–H groups in total. The molecule has 134 valence electrons. The fourth-order valence-corrected chi connectivity index (χ4v) is 2.68. The number of amides is 1. The van der Waals surface area contributed by atoms with Crippen LogP contribution in [0.25, 0.3) is 0 Å². The van der Waals surface area contributed by atoms with E-state index in [1.165, 1.54) is 0 Å². The van der Waals surface area contributed by atoms with E-state index in [4.69, 9.17) is 4.74 Å². The molecule has 2 rings (SSSR count). The van der Waals surface area contributed by atoms with E-state index in [0.29, 0.717) is 18.1 Å². The minimum atomic E-state index is -0.444. The summed E-state index contributed by atoms with van der Waals surface area (Å²) in [5, 5.41) is 12.5. The van der Waals surface area contributed by atoms with Crippen LogP contribution in [0.5, 0.6) is 5.75 Å². The number of ether oxygens (including phenoxy) is 1. The molecule has 25 heavy (non-hydrogen) atoms. The van der Waals surface area contributed by atoms with Gasteiger partial charge in [0.1, 0.15) is 5.75 Å². The second kappa shape index (κ2) is 9.84. The molecule has 2 aromatic carbocycles. The van der Waals surface area contributed by atoms with Crippen molar-refractivity contribution >= 4 is 5.91 Å². The minimum absolute atomic E-state index is 0.160. The lowest BCUT2D eigenvalue weighted by Gasteiger charge is -2.18. The Morgan fingerprint density at radius 2 is 1.80 bits per heavy atom. The van der Waals surface area contributed by atoms with Crippen molar-refractivity contribution in [2.75, 3.05) is 13.2 Å². The smallest absolute Gasteiger partial charge is 0.251 e. The summed E-state index contributed by atoms with van der Waals surface area (Å²) in [6.07, 6.45) is 2.30. The van der Waals surface area contributed by atoms with Crippen LogP contribution in [0.2, 0.25) is 0 Å². The van der Waals surface area contributed by atoms with Gasteiger partial charge in [0.05, 0.1) is 19.3 Å². The SMILES string of the molecule is CCCC(C)COc1ccc([C@H](CO)NC(=O)c2ccccc2)cc1. The zero-order valence-electron chi connectivity index (χ0n) is 14.9. The summed E-state index contributed by atoms with van der Waals surface area (Å²) in [6.45, 7) is 4.89. The normalized spacial score (nSPS) is 13.1. The van der Waals surface area contributed by atoms with Crippen molar-refractivity contribution in [2.45, 2.75) is 32.7 Å². The third kappa shape index (κ3) is 5.91. The Hall–Kier alpha value is -2.33. The molecule has 0 saturated heterocycles. The van der Waals surface area contributed by atoms with Crippen LogP contribution in [-0.4, -0.2) is 24.2 Å². The van der Waals surface area contributed by atoms with Crippen molar-refractivity contribution in [3.8, 4) is 5.75 Å². The van der Waals surface area contributed by atoms with Crippen LogP contribution in [0.4, 0.5) is 0 Å². The Morgan fingerprint density at radius 1 is 1.12 bits per heavy atom. The first-order valence-corrected chi connectivity index (χ1v) is 8.83.